The number of sulfonamides is 1. The minimum Gasteiger partial charge on any atom is -0.481 e. The number of rotatable bonds is 9. The van der Waals surface area contributed by atoms with E-state index in [0.29, 0.717) is 6.42 Å². The highest BCUT2D eigenvalue weighted by atomic mass is 32.2. The molecule has 0 aliphatic heterocycles. The Morgan fingerprint density at radius 2 is 1.68 bits per heavy atom. The van der Waals surface area contributed by atoms with Crippen LogP contribution in [0, 0.1) is 11.8 Å². The lowest BCUT2D eigenvalue weighted by atomic mass is 9.98. The molecule has 0 aromatic carbocycles. The lowest BCUT2D eigenvalue weighted by Crippen LogP contribution is -2.36. The zero-order valence-electron chi connectivity index (χ0n) is 11.3. The number of carbonyl (C=O) groups is 1. The second kappa shape index (κ2) is 7.20. The number of carboxylic acid groups (broad SMARTS) is 1. The zero-order chi connectivity index (χ0) is 15.3. The third-order valence-corrected chi connectivity index (χ3v) is 4.93. The van der Waals surface area contributed by atoms with Gasteiger partial charge in [0.05, 0.1) is 17.4 Å². The van der Waals surface area contributed by atoms with Gasteiger partial charge in [-0.3, -0.25) is 4.79 Å². The topological polar surface area (TPSA) is 118 Å². The third-order valence-electron chi connectivity index (χ3n) is 2.38. The molecule has 0 rings (SSSR count). The van der Waals surface area contributed by atoms with Gasteiger partial charge in [-0.1, -0.05) is 13.8 Å². The maximum atomic E-state index is 11.5. The lowest BCUT2D eigenvalue weighted by molar-refractivity contribution is -0.142. The molecule has 0 aromatic rings. The largest absolute Gasteiger partial charge is 0.481 e. The van der Waals surface area contributed by atoms with E-state index in [1.54, 1.807) is 0 Å². The Kier molecular flexibility index (Phi) is 6.95. The first kappa shape index (κ1) is 18.3. The molecule has 1 atom stereocenters. The fourth-order valence-electron chi connectivity index (χ4n) is 1.40. The van der Waals surface area contributed by atoms with E-state index in [1.807, 2.05) is 13.8 Å². The molecular weight excluding hydrogens is 294 g/mol. The minimum absolute atomic E-state index is 0.127. The van der Waals surface area contributed by atoms with Crippen molar-refractivity contribution in [3.05, 3.63) is 0 Å². The van der Waals surface area contributed by atoms with E-state index in [9.17, 15) is 21.6 Å². The third kappa shape index (κ3) is 9.85. The van der Waals surface area contributed by atoms with Gasteiger partial charge in [-0.2, -0.15) is 0 Å². The Morgan fingerprint density at radius 3 is 2.05 bits per heavy atom. The van der Waals surface area contributed by atoms with Crippen molar-refractivity contribution >= 4 is 25.8 Å². The maximum Gasteiger partial charge on any atom is 0.307 e. The number of aliphatic carboxylic acids is 1. The van der Waals surface area contributed by atoms with Crippen LogP contribution in [-0.2, 0) is 24.7 Å². The monoisotopic (exact) mass is 315 g/mol. The molecule has 0 spiro atoms. The molecule has 0 saturated carbocycles. The Morgan fingerprint density at radius 1 is 1.16 bits per heavy atom. The summed E-state index contributed by atoms with van der Waals surface area (Å²) in [6, 6.07) is 0. The predicted octanol–water partition coefficient (Wildman–Crippen LogP) is -0.303. The molecule has 0 fully saturated rings. The Balaban J connectivity index is 4.46. The highest BCUT2D eigenvalue weighted by Gasteiger charge is 2.22. The van der Waals surface area contributed by atoms with Gasteiger partial charge in [0, 0.05) is 12.8 Å². The average molecular weight is 315 g/mol. The molecule has 0 radical (unpaired) electrons. The van der Waals surface area contributed by atoms with E-state index in [2.05, 4.69) is 4.72 Å². The van der Waals surface area contributed by atoms with Crippen molar-refractivity contribution in [1.82, 2.24) is 4.72 Å². The molecule has 9 heteroatoms. The van der Waals surface area contributed by atoms with Crippen LogP contribution in [0.1, 0.15) is 20.3 Å². The Hall–Kier alpha value is -0.670. The summed E-state index contributed by atoms with van der Waals surface area (Å²) >= 11 is 0. The van der Waals surface area contributed by atoms with E-state index >= 15 is 0 Å². The van der Waals surface area contributed by atoms with Crippen LogP contribution >= 0.6 is 0 Å². The summed E-state index contributed by atoms with van der Waals surface area (Å²) < 4.78 is 47.0. The van der Waals surface area contributed by atoms with Crippen LogP contribution < -0.4 is 4.72 Å². The summed E-state index contributed by atoms with van der Waals surface area (Å²) in [5.41, 5.74) is 0. The second-order valence-corrected chi connectivity index (χ2v) is 9.15. The molecular formula is C10H21NO6S2. The van der Waals surface area contributed by atoms with Crippen molar-refractivity contribution in [2.45, 2.75) is 20.3 Å². The van der Waals surface area contributed by atoms with Crippen molar-refractivity contribution in [2.75, 3.05) is 24.3 Å². The standard InChI is InChI=1S/C10H21NO6S2/c1-8(2)6-9(10(12)13)7-11-19(16,17)5-4-18(3,14)15/h8-9,11H,4-7H2,1-3H3,(H,12,13). The molecule has 2 N–H and O–H groups in total. The molecule has 0 aromatic heterocycles. The minimum atomic E-state index is -3.77. The smallest absolute Gasteiger partial charge is 0.307 e. The normalized spacial score (nSPS) is 14.5. The van der Waals surface area contributed by atoms with Crippen molar-refractivity contribution in [3.8, 4) is 0 Å². The van der Waals surface area contributed by atoms with Gasteiger partial charge in [0.15, 0.2) is 0 Å². The molecule has 1 unspecified atom stereocenters. The van der Waals surface area contributed by atoms with Crippen molar-refractivity contribution < 1.29 is 26.7 Å². The number of carboxylic acids is 1. The fraction of sp³-hybridized carbons (Fsp3) is 0.900. The SMILES string of the molecule is CC(C)CC(CNS(=O)(=O)CCS(C)(=O)=O)C(=O)O. The summed E-state index contributed by atoms with van der Waals surface area (Å²) in [5.74, 6) is -2.79. The summed E-state index contributed by atoms with van der Waals surface area (Å²) in [6.45, 7) is 3.46. The quantitative estimate of drug-likeness (QED) is 0.603. The summed E-state index contributed by atoms with van der Waals surface area (Å²) in [4.78, 5) is 10.9. The molecule has 0 bridgehead atoms. The van der Waals surface area contributed by atoms with Gasteiger partial charge in [0.25, 0.3) is 0 Å². The summed E-state index contributed by atoms with van der Waals surface area (Å²) in [7, 11) is -7.14. The second-order valence-electron chi connectivity index (χ2n) is 4.96. The van der Waals surface area contributed by atoms with Gasteiger partial charge in [-0.15, -0.1) is 0 Å². The number of hydrogen-bond donors (Lipinski definition) is 2. The molecule has 0 heterocycles. The van der Waals surface area contributed by atoms with E-state index in [1.165, 1.54) is 0 Å². The van der Waals surface area contributed by atoms with Crippen LogP contribution in [0.2, 0.25) is 0 Å². The van der Waals surface area contributed by atoms with Crippen LogP contribution in [0.25, 0.3) is 0 Å². The van der Waals surface area contributed by atoms with Crippen molar-refractivity contribution in [1.29, 1.82) is 0 Å². The Bertz CT molecular complexity index is 494. The van der Waals surface area contributed by atoms with E-state index in [0.717, 1.165) is 6.26 Å². The van der Waals surface area contributed by atoms with Gasteiger partial charge >= 0.3 is 5.97 Å². The molecule has 19 heavy (non-hydrogen) atoms. The van der Waals surface area contributed by atoms with Crippen molar-refractivity contribution in [2.24, 2.45) is 11.8 Å². The first-order valence-electron chi connectivity index (χ1n) is 5.81. The summed E-state index contributed by atoms with van der Waals surface area (Å²) in [5, 5.41) is 8.95. The Labute approximate surface area is 114 Å². The maximum absolute atomic E-state index is 11.5. The first-order valence-corrected chi connectivity index (χ1v) is 9.52. The molecule has 0 aliphatic rings. The number of hydrogen-bond acceptors (Lipinski definition) is 5. The number of sulfone groups is 1. The summed E-state index contributed by atoms with van der Waals surface area (Å²) in [6.07, 6.45) is 1.30. The van der Waals surface area contributed by atoms with Gasteiger partial charge in [-0.05, 0) is 12.3 Å². The van der Waals surface area contributed by atoms with Gasteiger partial charge < -0.3 is 5.11 Å². The molecule has 7 nitrogen and oxygen atoms in total. The molecule has 114 valence electrons. The first-order chi connectivity index (χ1) is 8.43. The van der Waals surface area contributed by atoms with E-state index in [4.69, 9.17) is 5.11 Å². The van der Waals surface area contributed by atoms with Crippen LogP contribution in [0.4, 0.5) is 0 Å². The van der Waals surface area contributed by atoms with Crippen LogP contribution in [-0.4, -0.2) is 52.2 Å². The van der Waals surface area contributed by atoms with E-state index in [-0.39, 0.29) is 12.5 Å². The molecule has 0 amide bonds. The zero-order valence-corrected chi connectivity index (χ0v) is 12.9. The van der Waals surface area contributed by atoms with Crippen molar-refractivity contribution in [3.63, 3.8) is 0 Å². The highest BCUT2D eigenvalue weighted by Crippen LogP contribution is 2.11. The average Bonchev–Trinajstić information content (AvgIpc) is 2.20. The van der Waals surface area contributed by atoms with Gasteiger partial charge in [-0.25, -0.2) is 21.6 Å². The van der Waals surface area contributed by atoms with Gasteiger partial charge in [0.2, 0.25) is 10.0 Å². The predicted molar refractivity (Wildman–Crippen MR) is 72.1 cm³/mol. The molecule has 0 aliphatic carbocycles. The van der Waals surface area contributed by atoms with Crippen LogP contribution in [0.5, 0.6) is 0 Å². The molecule has 0 saturated heterocycles. The van der Waals surface area contributed by atoms with Gasteiger partial charge in [0.1, 0.15) is 9.84 Å². The van der Waals surface area contributed by atoms with E-state index < -0.39 is 43.3 Å². The van der Waals surface area contributed by atoms with Crippen LogP contribution in [0.3, 0.4) is 0 Å². The number of nitrogens with one attached hydrogen (secondary N) is 1. The highest BCUT2D eigenvalue weighted by molar-refractivity contribution is 7.93. The lowest BCUT2D eigenvalue weighted by Gasteiger charge is -2.15. The van der Waals surface area contributed by atoms with Crippen LogP contribution in [0.15, 0.2) is 0 Å². The fourth-order valence-corrected chi connectivity index (χ4v) is 4.09.